The fourth-order valence-electron chi connectivity index (χ4n) is 4.75. The molecule has 0 saturated heterocycles. The number of halogens is 1. The van der Waals surface area contributed by atoms with Crippen LogP contribution in [0.2, 0.25) is 5.02 Å². The number of nitrogens with zero attached hydrogens (tertiary/aromatic N) is 2. The van der Waals surface area contributed by atoms with E-state index in [-0.39, 0.29) is 17.9 Å². The van der Waals surface area contributed by atoms with E-state index in [9.17, 15) is 9.59 Å². The maximum absolute atomic E-state index is 13.6. The topological polar surface area (TPSA) is 54.3 Å². The second-order valence-electron chi connectivity index (χ2n) is 8.54. The second-order valence-corrected chi connectivity index (χ2v) is 9.92. The van der Waals surface area contributed by atoms with Crippen LogP contribution in [0.1, 0.15) is 48.7 Å². The summed E-state index contributed by atoms with van der Waals surface area (Å²) in [6.07, 6.45) is 4.30. The van der Waals surface area contributed by atoms with Crippen LogP contribution < -0.4 is 5.32 Å². The molecule has 5 nitrogen and oxygen atoms in total. The third-order valence-electron chi connectivity index (χ3n) is 6.46. The zero-order valence-electron chi connectivity index (χ0n) is 16.9. The molecule has 0 spiro atoms. The van der Waals surface area contributed by atoms with Crippen molar-refractivity contribution in [3.05, 3.63) is 58.1 Å². The molecule has 1 aliphatic heterocycles. The van der Waals surface area contributed by atoms with E-state index in [1.54, 1.807) is 16.2 Å². The zero-order valence-corrected chi connectivity index (χ0v) is 18.4. The van der Waals surface area contributed by atoms with Gasteiger partial charge < -0.3 is 14.8 Å². The molecule has 1 aliphatic carbocycles. The minimum Gasteiger partial charge on any atom is -0.351 e. The van der Waals surface area contributed by atoms with Gasteiger partial charge in [-0.05, 0) is 55.0 Å². The number of aromatic nitrogens is 1. The van der Waals surface area contributed by atoms with Crippen molar-refractivity contribution in [3.63, 3.8) is 0 Å². The minimum absolute atomic E-state index is 0.0764. The van der Waals surface area contributed by atoms with Gasteiger partial charge in [-0.3, -0.25) is 9.59 Å². The number of carbonyl (C=O) groups is 2. The number of thiophene rings is 1. The Balaban J connectivity index is 1.55. The van der Waals surface area contributed by atoms with E-state index in [1.807, 2.05) is 53.3 Å². The van der Waals surface area contributed by atoms with Gasteiger partial charge in [0.15, 0.2) is 0 Å². The molecule has 0 radical (unpaired) electrons. The van der Waals surface area contributed by atoms with Crippen molar-refractivity contribution in [1.82, 2.24) is 14.8 Å². The van der Waals surface area contributed by atoms with Crippen LogP contribution in [0, 0.1) is 0 Å². The van der Waals surface area contributed by atoms with Crippen LogP contribution in [0.5, 0.6) is 0 Å². The summed E-state index contributed by atoms with van der Waals surface area (Å²) in [5.74, 6) is -0.193. The summed E-state index contributed by atoms with van der Waals surface area (Å²) in [5, 5.41) is 5.88. The Labute approximate surface area is 184 Å². The van der Waals surface area contributed by atoms with Crippen molar-refractivity contribution < 1.29 is 9.59 Å². The largest absolute Gasteiger partial charge is 0.351 e. The van der Waals surface area contributed by atoms with E-state index in [0.29, 0.717) is 23.8 Å². The SMILES string of the molecule is CC1(C(=O)NC2CCCC2)Cn2c(cc3sccc32)C(=O)N1Cc1cccc(Cl)c1. The molecule has 3 heterocycles. The van der Waals surface area contributed by atoms with E-state index in [2.05, 4.69) is 5.32 Å². The normalized spacial score (nSPS) is 21.9. The van der Waals surface area contributed by atoms with Crippen molar-refractivity contribution in [3.8, 4) is 0 Å². The third-order valence-corrected chi connectivity index (χ3v) is 7.55. The van der Waals surface area contributed by atoms with Gasteiger partial charge in [-0.2, -0.15) is 0 Å². The Bertz CT molecular complexity index is 1130. The summed E-state index contributed by atoms with van der Waals surface area (Å²) < 4.78 is 3.08. The molecule has 1 aromatic carbocycles. The Kier molecular flexibility index (Phi) is 4.86. The van der Waals surface area contributed by atoms with E-state index in [0.717, 1.165) is 41.5 Å². The molecule has 2 aromatic heterocycles. The molecule has 1 fully saturated rings. The fourth-order valence-corrected chi connectivity index (χ4v) is 5.78. The molecule has 0 bridgehead atoms. The van der Waals surface area contributed by atoms with Gasteiger partial charge in [0, 0.05) is 17.6 Å². The molecule has 30 heavy (non-hydrogen) atoms. The molecule has 1 N–H and O–H groups in total. The molecule has 156 valence electrons. The van der Waals surface area contributed by atoms with Crippen LogP contribution in [-0.2, 0) is 17.9 Å². The Morgan fingerprint density at radius 1 is 1.27 bits per heavy atom. The first kappa shape index (κ1) is 19.6. The maximum Gasteiger partial charge on any atom is 0.271 e. The van der Waals surface area contributed by atoms with Crippen molar-refractivity contribution in [2.24, 2.45) is 0 Å². The average molecular weight is 442 g/mol. The molecule has 5 rings (SSSR count). The molecule has 2 aliphatic rings. The Hall–Kier alpha value is -2.31. The minimum atomic E-state index is -0.983. The highest BCUT2D eigenvalue weighted by molar-refractivity contribution is 7.17. The number of hydrogen-bond acceptors (Lipinski definition) is 3. The summed E-state index contributed by atoms with van der Waals surface area (Å²) in [6.45, 7) is 2.67. The first-order chi connectivity index (χ1) is 14.5. The molecule has 3 aromatic rings. The number of fused-ring (bicyclic) bond motifs is 3. The Morgan fingerprint density at radius 2 is 2.07 bits per heavy atom. The number of benzene rings is 1. The Morgan fingerprint density at radius 3 is 2.83 bits per heavy atom. The highest BCUT2D eigenvalue weighted by Gasteiger charge is 2.48. The van der Waals surface area contributed by atoms with E-state index < -0.39 is 5.54 Å². The van der Waals surface area contributed by atoms with Crippen LogP contribution >= 0.6 is 22.9 Å². The second kappa shape index (κ2) is 7.43. The first-order valence-electron chi connectivity index (χ1n) is 10.4. The van der Waals surface area contributed by atoms with Gasteiger partial charge in [0.25, 0.3) is 5.91 Å². The van der Waals surface area contributed by atoms with Crippen LogP contribution in [0.3, 0.4) is 0 Å². The van der Waals surface area contributed by atoms with Gasteiger partial charge in [-0.1, -0.05) is 36.6 Å². The van der Waals surface area contributed by atoms with Gasteiger partial charge in [0.1, 0.15) is 11.2 Å². The van der Waals surface area contributed by atoms with Crippen LogP contribution in [0.4, 0.5) is 0 Å². The maximum atomic E-state index is 13.6. The molecule has 2 amide bonds. The summed E-state index contributed by atoms with van der Waals surface area (Å²) in [7, 11) is 0. The van der Waals surface area contributed by atoms with Gasteiger partial charge in [0.05, 0.1) is 16.8 Å². The predicted octanol–water partition coefficient (Wildman–Crippen LogP) is 4.83. The molecule has 1 saturated carbocycles. The lowest BCUT2D eigenvalue weighted by Gasteiger charge is -2.44. The van der Waals surface area contributed by atoms with Crippen molar-refractivity contribution >= 4 is 45.0 Å². The van der Waals surface area contributed by atoms with Crippen LogP contribution in [0.15, 0.2) is 41.8 Å². The molecule has 1 atom stereocenters. The standard InChI is InChI=1S/C23H24ClN3O2S/c1-23(22(29)25-17-7-2-3-8-17)14-26-18-9-10-30-20(18)12-19(26)21(28)27(23)13-15-5-4-6-16(24)11-15/h4-6,9-12,17H,2-3,7-8,13-14H2,1H3,(H,25,29). The lowest BCUT2D eigenvalue weighted by Crippen LogP contribution is -2.64. The summed E-state index contributed by atoms with van der Waals surface area (Å²) in [5.41, 5.74) is 1.59. The van der Waals surface area contributed by atoms with Crippen LogP contribution in [0.25, 0.3) is 10.2 Å². The molecular formula is C23H24ClN3O2S. The van der Waals surface area contributed by atoms with E-state index in [4.69, 9.17) is 11.6 Å². The summed E-state index contributed by atoms with van der Waals surface area (Å²) >= 11 is 7.80. The van der Waals surface area contributed by atoms with Gasteiger partial charge >= 0.3 is 0 Å². The number of rotatable bonds is 4. The molecule has 1 unspecified atom stereocenters. The van der Waals surface area contributed by atoms with Gasteiger partial charge in [-0.15, -0.1) is 11.3 Å². The fraction of sp³-hybridized carbons (Fsp3) is 0.391. The number of nitrogens with one attached hydrogen (secondary N) is 1. The molecular weight excluding hydrogens is 418 g/mol. The smallest absolute Gasteiger partial charge is 0.271 e. The van der Waals surface area contributed by atoms with Crippen molar-refractivity contribution in [2.45, 2.75) is 57.3 Å². The van der Waals surface area contributed by atoms with E-state index in [1.165, 1.54) is 0 Å². The highest BCUT2D eigenvalue weighted by atomic mass is 35.5. The average Bonchev–Trinajstić information content (AvgIpc) is 3.44. The lowest BCUT2D eigenvalue weighted by molar-refractivity contribution is -0.133. The van der Waals surface area contributed by atoms with Gasteiger partial charge in [-0.25, -0.2) is 0 Å². The quantitative estimate of drug-likeness (QED) is 0.630. The monoisotopic (exact) mass is 441 g/mol. The van der Waals surface area contributed by atoms with Crippen molar-refractivity contribution in [1.29, 1.82) is 0 Å². The van der Waals surface area contributed by atoms with Crippen molar-refractivity contribution in [2.75, 3.05) is 0 Å². The zero-order chi connectivity index (χ0) is 20.9. The summed E-state index contributed by atoms with van der Waals surface area (Å²) in [4.78, 5) is 28.9. The predicted molar refractivity (Wildman–Crippen MR) is 120 cm³/mol. The number of hydrogen-bond donors (Lipinski definition) is 1. The van der Waals surface area contributed by atoms with E-state index >= 15 is 0 Å². The van der Waals surface area contributed by atoms with Gasteiger partial charge in [0.2, 0.25) is 5.91 Å². The molecule has 7 heteroatoms. The number of amides is 2. The third kappa shape index (κ3) is 3.22. The highest BCUT2D eigenvalue weighted by Crippen LogP contribution is 2.35. The van der Waals surface area contributed by atoms with Crippen LogP contribution in [-0.4, -0.2) is 32.9 Å². The lowest BCUT2D eigenvalue weighted by atomic mass is 9.93. The number of carbonyl (C=O) groups excluding carboxylic acids is 2. The summed E-state index contributed by atoms with van der Waals surface area (Å²) in [6, 6.07) is 11.7. The first-order valence-corrected chi connectivity index (χ1v) is 11.7.